The predicted octanol–water partition coefficient (Wildman–Crippen LogP) is 4.14. The van der Waals surface area contributed by atoms with E-state index in [2.05, 4.69) is 4.98 Å². The van der Waals surface area contributed by atoms with Gasteiger partial charge in [-0.05, 0) is 30.3 Å². The first-order valence-corrected chi connectivity index (χ1v) is 6.66. The van der Waals surface area contributed by atoms with Crippen molar-refractivity contribution in [1.82, 2.24) is 4.98 Å². The molecular weight excluding hydrogens is 272 g/mol. The Labute approximate surface area is 122 Å². The average molecular weight is 285 g/mol. The van der Waals surface area contributed by atoms with Crippen LogP contribution in [0.2, 0.25) is 5.02 Å². The lowest BCUT2D eigenvalue weighted by Crippen LogP contribution is -1.99. The van der Waals surface area contributed by atoms with Crippen LogP contribution in [-0.4, -0.2) is 4.98 Å². The number of pyridine rings is 1. The number of halogens is 1. The molecule has 2 N–H and O–H groups in total. The van der Waals surface area contributed by atoms with Gasteiger partial charge in [0.1, 0.15) is 11.5 Å². The van der Waals surface area contributed by atoms with Gasteiger partial charge in [0.05, 0.1) is 5.52 Å². The largest absolute Gasteiger partial charge is 0.456 e. The third kappa shape index (κ3) is 2.46. The molecule has 0 radical (unpaired) electrons. The van der Waals surface area contributed by atoms with E-state index in [1.54, 1.807) is 6.20 Å². The van der Waals surface area contributed by atoms with Gasteiger partial charge in [-0.15, -0.1) is 0 Å². The van der Waals surface area contributed by atoms with Gasteiger partial charge in [0.25, 0.3) is 0 Å². The quantitative estimate of drug-likeness (QED) is 0.786. The van der Waals surface area contributed by atoms with Gasteiger partial charge in [0.2, 0.25) is 0 Å². The SMILES string of the molecule is NCc1ccccc1Oc1ccnc2cc(Cl)ccc12. The molecule has 1 aromatic heterocycles. The molecule has 3 rings (SSSR count). The molecule has 0 saturated carbocycles. The molecule has 2 aromatic carbocycles. The molecule has 0 unspecified atom stereocenters. The standard InChI is InChI=1S/C16H13ClN2O/c17-12-5-6-13-14(9-12)19-8-7-16(13)20-15-4-2-1-3-11(15)10-18/h1-9H,10,18H2. The number of hydrogen-bond acceptors (Lipinski definition) is 3. The molecule has 4 heteroatoms. The number of para-hydroxylation sites is 1. The number of nitrogens with two attached hydrogens (primary N) is 1. The van der Waals surface area contributed by atoms with Crippen molar-refractivity contribution in [3.63, 3.8) is 0 Å². The highest BCUT2D eigenvalue weighted by molar-refractivity contribution is 6.31. The fourth-order valence-electron chi connectivity index (χ4n) is 2.07. The Morgan fingerprint density at radius 2 is 1.90 bits per heavy atom. The summed E-state index contributed by atoms with van der Waals surface area (Å²) in [6.07, 6.45) is 1.71. The molecule has 0 bridgehead atoms. The van der Waals surface area contributed by atoms with Crippen LogP contribution in [0.3, 0.4) is 0 Å². The van der Waals surface area contributed by atoms with Crippen molar-refractivity contribution in [2.75, 3.05) is 0 Å². The van der Waals surface area contributed by atoms with E-state index in [1.165, 1.54) is 0 Å². The van der Waals surface area contributed by atoms with Crippen molar-refractivity contribution in [3.05, 3.63) is 65.3 Å². The molecule has 0 saturated heterocycles. The number of nitrogens with zero attached hydrogens (tertiary/aromatic N) is 1. The summed E-state index contributed by atoms with van der Waals surface area (Å²) in [5.74, 6) is 1.50. The summed E-state index contributed by atoms with van der Waals surface area (Å²) < 4.78 is 5.99. The Hall–Kier alpha value is -2.10. The predicted molar refractivity (Wildman–Crippen MR) is 81.2 cm³/mol. The molecule has 0 fully saturated rings. The van der Waals surface area contributed by atoms with Crippen LogP contribution in [0.1, 0.15) is 5.56 Å². The van der Waals surface area contributed by atoms with Crippen LogP contribution in [0.25, 0.3) is 10.9 Å². The minimum atomic E-state index is 0.436. The van der Waals surface area contributed by atoms with Gasteiger partial charge >= 0.3 is 0 Å². The third-order valence-electron chi connectivity index (χ3n) is 3.08. The van der Waals surface area contributed by atoms with E-state index < -0.39 is 0 Å². The number of rotatable bonds is 3. The zero-order valence-corrected chi connectivity index (χ0v) is 11.5. The Kier molecular flexibility index (Phi) is 3.54. The van der Waals surface area contributed by atoms with Crippen molar-refractivity contribution in [2.24, 2.45) is 5.73 Å². The molecule has 0 atom stereocenters. The fraction of sp³-hybridized carbons (Fsp3) is 0.0625. The zero-order valence-electron chi connectivity index (χ0n) is 10.7. The summed E-state index contributed by atoms with van der Waals surface area (Å²) in [6, 6.07) is 15.1. The second-order valence-electron chi connectivity index (χ2n) is 4.38. The monoisotopic (exact) mass is 284 g/mol. The maximum absolute atomic E-state index is 5.99. The van der Waals surface area contributed by atoms with E-state index in [0.29, 0.717) is 11.6 Å². The van der Waals surface area contributed by atoms with E-state index in [1.807, 2.05) is 48.5 Å². The summed E-state index contributed by atoms with van der Waals surface area (Å²) >= 11 is 5.98. The third-order valence-corrected chi connectivity index (χ3v) is 3.31. The van der Waals surface area contributed by atoms with Crippen molar-refractivity contribution in [2.45, 2.75) is 6.54 Å². The Morgan fingerprint density at radius 3 is 2.75 bits per heavy atom. The lowest BCUT2D eigenvalue weighted by Gasteiger charge is -2.11. The van der Waals surface area contributed by atoms with Crippen LogP contribution >= 0.6 is 11.6 Å². The summed E-state index contributed by atoms with van der Waals surface area (Å²) in [7, 11) is 0. The second kappa shape index (κ2) is 5.49. The number of ether oxygens (including phenoxy) is 1. The van der Waals surface area contributed by atoms with Gasteiger partial charge < -0.3 is 10.5 Å². The molecule has 3 aromatic rings. The minimum absolute atomic E-state index is 0.436. The molecular formula is C16H13ClN2O. The Bertz CT molecular complexity index is 758. The molecule has 3 nitrogen and oxygen atoms in total. The average Bonchev–Trinajstić information content (AvgIpc) is 2.47. The first kappa shape index (κ1) is 12.9. The van der Waals surface area contributed by atoms with Crippen molar-refractivity contribution in [3.8, 4) is 11.5 Å². The zero-order chi connectivity index (χ0) is 13.9. The van der Waals surface area contributed by atoms with Crippen molar-refractivity contribution < 1.29 is 4.74 Å². The summed E-state index contributed by atoms with van der Waals surface area (Å²) in [5, 5.41) is 1.58. The molecule has 20 heavy (non-hydrogen) atoms. The van der Waals surface area contributed by atoms with Gasteiger partial charge in [-0.3, -0.25) is 4.98 Å². The van der Waals surface area contributed by atoms with Crippen LogP contribution in [0.4, 0.5) is 0 Å². The van der Waals surface area contributed by atoms with E-state index in [-0.39, 0.29) is 0 Å². The highest BCUT2D eigenvalue weighted by atomic mass is 35.5. The van der Waals surface area contributed by atoms with Gasteiger partial charge in [-0.1, -0.05) is 29.8 Å². The van der Waals surface area contributed by atoms with Gasteiger partial charge in [-0.25, -0.2) is 0 Å². The normalized spacial score (nSPS) is 10.7. The lowest BCUT2D eigenvalue weighted by molar-refractivity contribution is 0.481. The summed E-state index contributed by atoms with van der Waals surface area (Å²) in [4.78, 5) is 4.30. The number of aromatic nitrogens is 1. The van der Waals surface area contributed by atoms with Crippen LogP contribution in [-0.2, 0) is 6.54 Å². The van der Waals surface area contributed by atoms with E-state index in [0.717, 1.165) is 28.0 Å². The molecule has 0 spiro atoms. The molecule has 0 aliphatic rings. The lowest BCUT2D eigenvalue weighted by atomic mass is 10.2. The fourth-order valence-corrected chi connectivity index (χ4v) is 2.24. The van der Waals surface area contributed by atoms with Crippen LogP contribution < -0.4 is 10.5 Å². The molecule has 1 heterocycles. The first-order chi connectivity index (χ1) is 9.78. The number of fused-ring (bicyclic) bond motifs is 1. The van der Waals surface area contributed by atoms with Crippen LogP contribution in [0, 0.1) is 0 Å². The van der Waals surface area contributed by atoms with Crippen molar-refractivity contribution >= 4 is 22.5 Å². The van der Waals surface area contributed by atoms with E-state index in [9.17, 15) is 0 Å². The smallest absolute Gasteiger partial charge is 0.138 e. The molecule has 0 aliphatic heterocycles. The highest BCUT2D eigenvalue weighted by Crippen LogP contribution is 2.31. The number of hydrogen-bond donors (Lipinski definition) is 1. The summed E-state index contributed by atoms with van der Waals surface area (Å²) in [6.45, 7) is 0.436. The second-order valence-corrected chi connectivity index (χ2v) is 4.82. The molecule has 0 aliphatic carbocycles. The van der Waals surface area contributed by atoms with Gasteiger partial charge in [-0.2, -0.15) is 0 Å². The van der Waals surface area contributed by atoms with E-state index >= 15 is 0 Å². The Morgan fingerprint density at radius 1 is 1.05 bits per heavy atom. The van der Waals surface area contributed by atoms with Gasteiger partial charge in [0, 0.05) is 28.7 Å². The van der Waals surface area contributed by atoms with E-state index in [4.69, 9.17) is 22.1 Å². The maximum atomic E-state index is 5.99. The topological polar surface area (TPSA) is 48.1 Å². The highest BCUT2D eigenvalue weighted by Gasteiger charge is 2.07. The van der Waals surface area contributed by atoms with Crippen molar-refractivity contribution in [1.29, 1.82) is 0 Å². The molecule has 100 valence electrons. The Balaban J connectivity index is 2.07. The van der Waals surface area contributed by atoms with Crippen LogP contribution in [0.15, 0.2) is 54.7 Å². The minimum Gasteiger partial charge on any atom is -0.456 e. The van der Waals surface area contributed by atoms with Gasteiger partial charge in [0.15, 0.2) is 0 Å². The molecule has 0 amide bonds. The van der Waals surface area contributed by atoms with Crippen LogP contribution in [0.5, 0.6) is 11.5 Å². The maximum Gasteiger partial charge on any atom is 0.138 e. The summed E-state index contributed by atoms with van der Waals surface area (Å²) in [5.41, 5.74) is 7.50. The number of benzene rings is 2. The first-order valence-electron chi connectivity index (χ1n) is 6.28.